The van der Waals surface area contributed by atoms with E-state index in [1.54, 1.807) is 30.4 Å². The second kappa shape index (κ2) is 7.16. The van der Waals surface area contributed by atoms with Gasteiger partial charge in [0.05, 0.1) is 15.7 Å². The Morgan fingerprint density at radius 3 is 3.00 bits per heavy atom. The van der Waals surface area contributed by atoms with Gasteiger partial charge in [-0.2, -0.15) is 0 Å². The highest BCUT2D eigenvalue weighted by Gasteiger charge is 2.15. The van der Waals surface area contributed by atoms with Crippen molar-refractivity contribution in [3.63, 3.8) is 0 Å². The van der Waals surface area contributed by atoms with Crippen molar-refractivity contribution in [1.29, 1.82) is 0 Å². The van der Waals surface area contributed by atoms with E-state index < -0.39 is 0 Å². The molecule has 0 bridgehead atoms. The Labute approximate surface area is 144 Å². The molecule has 0 atom stereocenters. The van der Waals surface area contributed by atoms with Gasteiger partial charge in [0.25, 0.3) is 5.91 Å². The first-order chi connectivity index (χ1) is 11.7. The lowest BCUT2D eigenvalue weighted by molar-refractivity contribution is 0.0993. The van der Waals surface area contributed by atoms with E-state index in [-0.39, 0.29) is 5.91 Å². The summed E-state index contributed by atoms with van der Waals surface area (Å²) in [6, 6.07) is 13.0. The van der Waals surface area contributed by atoms with E-state index in [4.69, 9.17) is 4.74 Å². The molecule has 0 saturated heterocycles. The summed E-state index contributed by atoms with van der Waals surface area (Å²) in [7, 11) is 1.75. The monoisotopic (exact) mass is 336 g/mol. The first kappa shape index (κ1) is 16.0. The lowest BCUT2D eigenvalue weighted by atomic mass is 10.1. The van der Waals surface area contributed by atoms with Crippen molar-refractivity contribution >= 4 is 33.1 Å². The van der Waals surface area contributed by atoms with Crippen molar-refractivity contribution < 1.29 is 9.53 Å². The number of ether oxygens (including phenoxy) is 1. The van der Waals surface area contributed by atoms with Gasteiger partial charge in [0.2, 0.25) is 0 Å². The summed E-state index contributed by atoms with van der Waals surface area (Å²) in [4.78, 5) is 18.6. The molecule has 1 aromatic heterocycles. The van der Waals surface area contributed by atoms with Crippen LogP contribution in [0.3, 0.4) is 0 Å². The maximum atomic E-state index is 12.7. The predicted molar refractivity (Wildman–Crippen MR) is 97.7 cm³/mol. The largest absolute Gasteiger partial charge is 0.481 e. The lowest BCUT2D eigenvalue weighted by Crippen LogP contribution is -2.26. The number of benzene rings is 2. The minimum atomic E-state index is -0.0733. The number of aromatic nitrogens is 1. The minimum absolute atomic E-state index is 0.0733. The standard InChI is InChI=1S/C19H16N2O2S/c1-3-4-10-23-16-7-5-6-15(12-16)21(2)19(22)14-8-9-17-18(11-14)24-13-20-17/h5-9,11-13H,10H2,1-2H3. The summed E-state index contributed by atoms with van der Waals surface area (Å²) in [5, 5.41) is 0. The fourth-order valence-electron chi connectivity index (χ4n) is 2.27. The number of amides is 1. The van der Waals surface area contributed by atoms with Crippen LogP contribution in [0.1, 0.15) is 17.3 Å². The topological polar surface area (TPSA) is 42.4 Å². The highest BCUT2D eigenvalue weighted by molar-refractivity contribution is 7.16. The maximum absolute atomic E-state index is 12.7. The molecule has 0 spiro atoms. The van der Waals surface area contributed by atoms with Gasteiger partial charge in [-0.15, -0.1) is 17.3 Å². The highest BCUT2D eigenvalue weighted by atomic mass is 32.1. The van der Waals surface area contributed by atoms with E-state index >= 15 is 0 Å². The van der Waals surface area contributed by atoms with Gasteiger partial charge in [0.1, 0.15) is 12.4 Å². The molecule has 5 heteroatoms. The van der Waals surface area contributed by atoms with Crippen LogP contribution in [-0.4, -0.2) is 24.5 Å². The van der Waals surface area contributed by atoms with Gasteiger partial charge >= 0.3 is 0 Å². The van der Waals surface area contributed by atoms with E-state index in [2.05, 4.69) is 16.8 Å². The van der Waals surface area contributed by atoms with Crippen LogP contribution in [0.2, 0.25) is 0 Å². The summed E-state index contributed by atoms with van der Waals surface area (Å²) in [6.07, 6.45) is 0. The number of hydrogen-bond donors (Lipinski definition) is 0. The minimum Gasteiger partial charge on any atom is -0.481 e. The molecule has 24 heavy (non-hydrogen) atoms. The van der Waals surface area contributed by atoms with Crippen molar-refractivity contribution in [1.82, 2.24) is 4.98 Å². The van der Waals surface area contributed by atoms with Crippen molar-refractivity contribution in [2.45, 2.75) is 6.92 Å². The quantitative estimate of drug-likeness (QED) is 0.677. The van der Waals surface area contributed by atoms with E-state index in [1.807, 2.05) is 36.4 Å². The van der Waals surface area contributed by atoms with Gasteiger partial charge in [-0.3, -0.25) is 4.79 Å². The Morgan fingerprint density at radius 2 is 2.17 bits per heavy atom. The number of rotatable bonds is 4. The normalized spacial score (nSPS) is 10.1. The van der Waals surface area contributed by atoms with Crippen molar-refractivity contribution in [2.75, 3.05) is 18.6 Å². The summed E-state index contributed by atoms with van der Waals surface area (Å²) in [6.45, 7) is 2.10. The van der Waals surface area contributed by atoms with Crippen LogP contribution in [0.15, 0.2) is 48.0 Å². The summed E-state index contributed by atoms with van der Waals surface area (Å²) in [5.74, 6) is 6.25. The molecule has 0 N–H and O–H groups in total. The smallest absolute Gasteiger partial charge is 0.258 e. The second-order valence-electron chi connectivity index (χ2n) is 5.11. The van der Waals surface area contributed by atoms with Gasteiger partial charge in [-0.05, 0) is 37.3 Å². The van der Waals surface area contributed by atoms with Gasteiger partial charge in [-0.25, -0.2) is 4.98 Å². The number of carbonyl (C=O) groups is 1. The Morgan fingerprint density at radius 1 is 1.29 bits per heavy atom. The lowest BCUT2D eigenvalue weighted by Gasteiger charge is -2.18. The predicted octanol–water partition coefficient (Wildman–Crippen LogP) is 3.98. The molecule has 4 nitrogen and oxygen atoms in total. The molecule has 0 aliphatic heterocycles. The fourth-order valence-corrected chi connectivity index (χ4v) is 2.99. The first-order valence-corrected chi connectivity index (χ1v) is 8.31. The third-order valence-electron chi connectivity index (χ3n) is 3.58. The molecule has 0 saturated carbocycles. The molecular weight excluding hydrogens is 320 g/mol. The van der Waals surface area contributed by atoms with E-state index in [1.165, 1.54) is 11.3 Å². The number of anilines is 1. The van der Waals surface area contributed by atoms with Crippen LogP contribution in [-0.2, 0) is 0 Å². The molecule has 1 heterocycles. The van der Waals surface area contributed by atoms with Gasteiger partial charge in [0.15, 0.2) is 0 Å². The van der Waals surface area contributed by atoms with Crippen LogP contribution in [0.25, 0.3) is 10.2 Å². The number of thiazole rings is 1. The second-order valence-corrected chi connectivity index (χ2v) is 6.00. The number of hydrogen-bond acceptors (Lipinski definition) is 4. The highest BCUT2D eigenvalue weighted by Crippen LogP contribution is 2.24. The van der Waals surface area contributed by atoms with Crippen molar-refractivity contribution in [3.8, 4) is 17.6 Å². The molecule has 0 fully saturated rings. The third-order valence-corrected chi connectivity index (χ3v) is 4.37. The first-order valence-electron chi connectivity index (χ1n) is 7.43. The number of fused-ring (bicyclic) bond motifs is 1. The van der Waals surface area contributed by atoms with Crippen LogP contribution < -0.4 is 9.64 Å². The zero-order valence-corrected chi connectivity index (χ0v) is 14.3. The Hall–Kier alpha value is -2.84. The average molecular weight is 336 g/mol. The molecule has 3 rings (SSSR count). The van der Waals surface area contributed by atoms with Gasteiger partial charge in [0, 0.05) is 24.4 Å². The van der Waals surface area contributed by atoms with E-state index in [9.17, 15) is 4.79 Å². The molecule has 2 aromatic carbocycles. The SMILES string of the molecule is CC#CCOc1cccc(N(C)C(=O)c2ccc3ncsc3c2)c1. The van der Waals surface area contributed by atoms with E-state index in [0.717, 1.165) is 15.9 Å². The zero-order chi connectivity index (χ0) is 16.9. The van der Waals surface area contributed by atoms with Crippen molar-refractivity contribution in [3.05, 3.63) is 53.5 Å². The van der Waals surface area contributed by atoms with Crippen LogP contribution >= 0.6 is 11.3 Å². The van der Waals surface area contributed by atoms with Crippen LogP contribution in [0, 0.1) is 11.8 Å². The summed E-state index contributed by atoms with van der Waals surface area (Å²) >= 11 is 1.53. The molecular formula is C19H16N2O2S. The van der Waals surface area contributed by atoms with Crippen LogP contribution in [0.5, 0.6) is 5.75 Å². The maximum Gasteiger partial charge on any atom is 0.258 e. The molecule has 0 aliphatic carbocycles. The summed E-state index contributed by atoms with van der Waals surface area (Å²) < 4.78 is 6.56. The van der Waals surface area contributed by atoms with Crippen LogP contribution in [0.4, 0.5) is 5.69 Å². The molecule has 3 aromatic rings. The number of carbonyl (C=O) groups excluding carboxylic acids is 1. The number of nitrogens with zero attached hydrogens (tertiary/aromatic N) is 2. The molecule has 1 amide bonds. The zero-order valence-electron chi connectivity index (χ0n) is 13.4. The van der Waals surface area contributed by atoms with Gasteiger partial charge in [-0.1, -0.05) is 12.0 Å². The van der Waals surface area contributed by atoms with Crippen molar-refractivity contribution in [2.24, 2.45) is 0 Å². The molecule has 0 unspecified atom stereocenters. The Balaban J connectivity index is 1.81. The van der Waals surface area contributed by atoms with E-state index in [0.29, 0.717) is 17.9 Å². The summed E-state index contributed by atoms with van der Waals surface area (Å²) in [5.41, 5.74) is 4.10. The Kier molecular flexibility index (Phi) is 4.78. The molecule has 120 valence electrons. The third kappa shape index (κ3) is 3.39. The molecule has 0 radical (unpaired) electrons. The fraction of sp³-hybridized carbons (Fsp3) is 0.158. The Bertz CT molecular complexity index is 937. The van der Waals surface area contributed by atoms with Gasteiger partial charge < -0.3 is 9.64 Å². The average Bonchev–Trinajstić information content (AvgIpc) is 3.08. The molecule has 0 aliphatic rings.